The van der Waals surface area contributed by atoms with Gasteiger partial charge in [0.25, 0.3) is 0 Å². The Morgan fingerprint density at radius 2 is 2.10 bits per heavy atom. The van der Waals surface area contributed by atoms with Crippen LogP contribution in [0.3, 0.4) is 0 Å². The molecule has 7 nitrogen and oxygen atoms in total. The molecule has 3 unspecified atom stereocenters. The van der Waals surface area contributed by atoms with Crippen LogP contribution in [0.4, 0.5) is 0 Å². The summed E-state index contributed by atoms with van der Waals surface area (Å²) in [6.45, 7) is -0.304. The molecule has 0 saturated carbocycles. The fraction of sp³-hybridized carbons (Fsp3) is 0.667. The molecular formula is C12H20N2O5Sn. The van der Waals surface area contributed by atoms with Gasteiger partial charge >= 0.3 is 120 Å². The normalized spacial score (nSPS) is 26.9. The van der Waals surface area contributed by atoms with Gasteiger partial charge in [-0.3, -0.25) is 0 Å². The van der Waals surface area contributed by atoms with E-state index in [0.717, 1.165) is 0 Å². The number of nitrogens with zero attached hydrogens (tertiary/aromatic N) is 1. The van der Waals surface area contributed by atoms with Crippen molar-refractivity contribution in [3.63, 3.8) is 0 Å². The fourth-order valence-corrected chi connectivity index (χ4v) is 5.91. The van der Waals surface area contributed by atoms with Crippen molar-refractivity contribution >= 4 is 22.0 Å². The summed E-state index contributed by atoms with van der Waals surface area (Å²) < 4.78 is 7.45. The van der Waals surface area contributed by atoms with Crippen molar-refractivity contribution in [2.75, 3.05) is 6.61 Å². The Morgan fingerprint density at radius 1 is 1.45 bits per heavy atom. The average molecular weight is 391 g/mol. The summed E-state index contributed by atoms with van der Waals surface area (Å²) in [6, 6.07) is 0. The van der Waals surface area contributed by atoms with Crippen molar-refractivity contribution in [2.24, 2.45) is 0 Å². The van der Waals surface area contributed by atoms with E-state index < -0.39 is 42.5 Å². The first kappa shape index (κ1) is 15.7. The van der Waals surface area contributed by atoms with Crippen molar-refractivity contribution in [1.82, 2.24) is 9.55 Å². The Bertz CT molecular complexity index is 603. The van der Waals surface area contributed by atoms with Crippen LogP contribution < -0.4 is 14.8 Å². The SMILES string of the molecule is [CH3][Sn]([CH3])([CH3])[c]1cn(C2CC(O)C(CO)O2)c(=O)[nH]c1=O. The summed E-state index contributed by atoms with van der Waals surface area (Å²) in [5.74, 6) is 0. The standard InChI is InChI=1S/C9H11N2O5.3CH3.Sn/c12-4-6-5(13)3-8(16-6)11-2-1-7(14)10-9(11)15;;;;/h2,5-6,8,12-13H,3-4H2,(H,10,14,15);3*1H3;. The number of hydrogen-bond acceptors (Lipinski definition) is 5. The third-order valence-corrected chi connectivity index (χ3v) is 9.10. The van der Waals surface area contributed by atoms with Crippen molar-refractivity contribution in [2.45, 2.75) is 39.7 Å². The number of aliphatic hydroxyl groups is 2. The summed E-state index contributed by atoms with van der Waals surface area (Å²) in [7, 11) is 0. The number of ether oxygens (including phenoxy) is 1. The molecular weight excluding hydrogens is 371 g/mol. The van der Waals surface area contributed by atoms with E-state index in [2.05, 4.69) is 19.8 Å². The molecule has 20 heavy (non-hydrogen) atoms. The monoisotopic (exact) mass is 392 g/mol. The van der Waals surface area contributed by atoms with Gasteiger partial charge in [0.2, 0.25) is 0 Å². The van der Waals surface area contributed by atoms with Gasteiger partial charge in [-0.2, -0.15) is 0 Å². The van der Waals surface area contributed by atoms with E-state index in [4.69, 9.17) is 9.84 Å². The van der Waals surface area contributed by atoms with Gasteiger partial charge in [-0.25, -0.2) is 0 Å². The number of aromatic amines is 1. The second-order valence-electron chi connectivity index (χ2n) is 6.07. The first-order valence-electron chi connectivity index (χ1n) is 6.54. The average Bonchev–Trinajstić information content (AvgIpc) is 2.68. The van der Waals surface area contributed by atoms with Gasteiger partial charge in [-0.05, 0) is 0 Å². The Balaban J connectivity index is 2.43. The molecule has 0 aliphatic carbocycles. The summed E-state index contributed by atoms with van der Waals surface area (Å²) in [5.41, 5.74) is -0.878. The van der Waals surface area contributed by atoms with E-state index in [9.17, 15) is 14.7 Å². The van der Waals surface area contributed by atoms with Crippen LogP contribution in [-0.2, 0) is 4.74 Å². The van der Waals surface area contributed by atoms with E-state index in [-0.39, 0.29) is 18.6 Å². The van der Waals surface area contributed by atoms with Crippen molar-refractivity contribution in [1.29, 1.82) is 0 Å². The zero-order valence-corrected chi connectivity index (χ0v) is 14.6. The Morgan fingerprint density at radius 3 is 2.60 bits per heavy atom. The van der Waals surface area contributed by atoms with Gasteiger partial charge < -0.3 is 0 Å². The first-order valence-corrected chi connectivity index (χ1v) is 16.5. The molecule has 1 aromatic heterocycles. The predicted octanol–water partition coefficient (Wildman–Crippen LogP) is -1.28. The van der Waals surface area contributed by atoms with E-state index >= 15 is 0 Å². The van der Waals surface area contributed by atoms with Gasteiger partial charge in [0.1, 0.15) is 0 Å². The molecule has 0 amide bonds. The quantitative estimate of drug-likeness (QED) is 0.558. The topological polar surface area (TPSA) is 105 Å². The molecule has 0 radical (unpaired) electrons. The molecule has 2 heterocycles. The molecule has 0 bridgehead atoms. The molecule has 0 aromatic carbocycles. The Labute approximate surface area is 120 Å². The van der Waals surface area contributed by atoms with Gasteiger partial charge in [0.05, 0.1) is 0 Å². The number of rotatable bonds is 3. The summed E-state index contributed by atoms with van der Waals surface area (Å²) in [6.07, 6.45) is -0.380. The van der Waals surface area contributed by atoms with Crippen LogP contribution in [0.2, 0.25) is 14.8 Å². The third kappa shape index (κ3) is 3.00. The maximum atomic E-state index is 11.9. The number of nitrogens with one attached hydrogen (secondary N) is 1. The van der Waals surface area contributed by atoms with Crippen LogP contribution in [0, 0.1) is 0 Å². The van der Waals surface area contributed by atoms with Gasteiger partial charge in [0, 0.05) is 0 Å². The van der Waals surface area contributed by atoms with Crippen LogP contribution in [0.5, 0.6) is 0 Å². The molecule has 1 aliphatic heterocycles. The van der Waals surface area contributed by atoms with E-state index in [1.165, 1.54) is 4.57 Å². The van der Waals surface area contributed by atoms with Crippen LogP contribution in [0.25, 0.3) is 0 Å². The van der Waals surface area contributed by atoms with E-state index in [1.54, 1.807) is 6.20 Å². The molecule has 1 saturated heterocycles. The molecule has 3 atom stereocenters. The van der Waals surface area contributed by atoms with Gasteiger partial charge in [-0.1, -0.05) is 0 Å². The summed E-state index contributed by atoms with van der Waals surface area (Å²) in [5, 5.41) is 18.8. The van der Waals surface area contributed by atoms with Gasteiger partial charge in [0.15, 0.2) is 0 Å². The molecule has 3 N–H and O–H groups in total. The first-order chi connectivity index (χ1) is 9.24. The molecule has 1 fully saturated rings. The molecule has 2 rings (SSSR count). The zero-order valence-electron chi connectivity index (χ0n) is 11.8. The van der Waals surface area contributed by atoms with Crippen molar-refractivity contribution in [3.8, 4) is 0 Å². The molecule has 1 aliphatic rings. The van der Waals surface area contributed by atoms with Crippen LogP contribution in [0.1, 0.15) is 12.6 Å². The second-order valence-corrected chi connectivity index (χ2v) is 20.5. The van der Waals surface area contributed by atoms with E-state index in [0.29, 0.717) is 3.58 Å². The van der Waals surface area contributed by atoms with Crippen LogP contribution >= 0.6 is 0 Å². The minimum atomic E-state index is -2.65. The van der Waals surface area contributed by atoms with Crippen LogP contribution in [-0.4, -0.2) is 57.0 Å². The minimum absolute atomic E-state index is 0.219. The number of hydrogen-bond donors (Lipinski definition) is 3. The Hall–Kier alpha value is -0.641. The molecule has 8 heteroatoms. The summed E-state index contributed by atoms with van der Waals surface area (Å²) >= 11 is -2.65. The molecule has 1 aromatic rings. The van der Waals surface area contributed by atoms with E-state index in [1.807, 2.05) is 0 Å². The Kier molecular flexibility index (Phi) is 4.43. The van der Waals surface area contributed by atoms with Crippen LogP contribution in [0.15, 0.2) is 15.8 Å². The molecule has 0 spiro atoms. The van der Waals surface area contributed by atoms with Crippen molar-refractivity contribution < 1.29 is 14.9 Å². The number of aromatic nitrogens is 2. The van der Waals surface area contributed by atoms with Crippen molar-refractivity contribution in [3.05, 3.63) is 27.0 Å². The second kappa shape index (κ2) is 5.63. The summed E-state index contributed by atoms with van der Waals surface area (Å²) in [4.78, 5) is 32.4. The third-order valence-electron chi connectivity index (χ3n) is 3.47. The predicted molar refractivity (Wildman–Crippen MR) is 75.9 cm³/mol. The number of H-pyrrole nitrogens is 1. The fourth-order valence-electron chi connectivity index (χ4n) is 2.28. The van der Waals surface area contributed by atoms with Gasteiger partial charge in [-0.15, -0.1) is 0 Å². The molecule has 112 valence electrons. The maximum absolute atomic E-state index is 11.9. The number of aliphatic hydroxyl groups excluding tert-OH is 2. The zero-order chi connectivity index (χ0) is 15.1.